The summed E-state index contributed by atoms with van der Waals surface area (Å²) in [4.78, 5) is 33.5. The molecule has 4 aromatic carbocycles. The van der Waals surface area contributed by atoms with Gasteiger partial charge in [0, 0.05) is 34.9 Å². The molecule has 0 spiro atoms. The zero-order valence-corrected chi connectivity index (χ0v) is 26.1. The average molecular weight is 620 g/mol. The maximum absolute atomic E-state index is 14.3. The molecule has 46 heavy (non-hydrogen) atoms. The van der Waals surface area contributed by atoms with Gasteiger partial charge in [0.2, 0.25) is 0 Å². The number of aryl methyl sites for hydroxylation is 1. The average Bonchev–Trinajstić information content (AvgIpc) is 3.57. The minimum Gasteiger partial charge on any atom is -0.342 e. The maximum Gasteiger partial charge on any atom is 0.271 e. The third kappa shape index (κ3) is 5.27. The van der Waals surface area contributed by atoms with Gasteiger partial charge in [-0.15, -0.1) is 0 Å². The molecule has 224 valence electrons. The highest BCUT2D eigenvalue weighted by Crippen LogP contribution is 2.31. The lowest BCUT2D eigenvalue weighted by Gasteiger charge is -2.25. The molecule has 1 aliphatic rings. The van der Waals surface area contributed by atoms with E-state index in [2.05, 4.69) is 16.0 Å². The summed E-state index contributed by atoms with van der Waals surface area (Å²) in [5.41, 5.74) is 6.82. The Morgan fingerprint density at radius 3 is 2.46 bits per heavy atom. The lowest BCUT2D eigenvalue weighted by molar-refractivity contribution is -0.113. The van der Waals surface area contributed by atoms with Gasteiger partial charge in [-0.2, -0.15) is 5.26 Å². The Bertz CT molecular complexity index is 2390. The highest BCUT2D eigenvalue weighted by molar-refractivity contribution is 7.07. The van der Waals surface area contributed by atoms with Crippen LogP contribution in [-0.4, -0.2) is 15.0 Å². The molecule has 0 saturated carbocycles. The number of anilines is 1. The summed E-state index contributed by atoms with van der Waals surface area (Å²) >= 11 is 1.32. The molecule has 0 saturated heterocycles. The van der Waals surface area contributed by atoms with Crippen molar-refractivity contribution in [3.63, 3.8) is 0 Å². The molecule has 7 nitrogen and oxygen atoms in total. The van der Waals surface area contributed by atoms with Crippen molar-refractivity contribution in [3.8, 4) is 6.07 Å². The van der Waals surface area contributed by atoms with E-state index < -0.39 is 6.04 Å². The number of hydrogen-bond donors (Lipinski definition) is 1. The first kappa shape index (κ1) is 29.0. The molecule has 1 aliphatic heterocycles. The molecule has 0 bridgehead atoms. The molecule has 7 rings (SSSR count). The molecule has 0 fully saturated rings. The Kier molecular flexibility index (Phi) is 7.53. The summed E-state index contributed by atoms with van der Waals surface area (Å²) in [5, 5.41) is 13.6. The van der Waals surface area contributed by atoms with Crippen LogP contribution in [0.4, 0.5) is 5.69 Å². The molecule has 1 amide bonds. The van der Waals surface area contributed by atoms with E-state index in [0.717, 1.165) is 33.2 Å². The predicted molar refractivity (Wildman–Crippen MR) is 182 cm³/mol. The topological polar surface area (TPSA) is 92.2 Å². The molecule has 2 aromatic heterocycles. The quantitative estimate of drug-likeness (QED) is 0.246. The minimum absolute atomic E-state index is 0.210. The van der Waals surface area contributed by atoms with Crippen molar-refractivity contribution >= 4 is 39.9 Å². The fourth-order valence-electron chi connectivity index (χ4n) is 6.01. The number of aromatic nitrogens is 2. The summed E-state index contributed by atoms with van der Waals surface area (Å²) in [6.45, 7) is 4.35. The van der Waals surface area contributed by atoms with Gasteiger partial charge in [-0.1, -0.05) is 95.8 Å². The van der Waals surface area contributed by atoms with Crippen LogP contribution in [-0.2, 0) is 11.3 Å². The monoisotopic (exact) mass is 619 g/mol. The van der Waals surface area contributed by atoms with Crippen molar-refractivity contribution in [3.05, 3.63) is 168 Å². The van der Waals surface area contributed by atoms with E-state index in [1.54, 1.807) is 4.57 Å². The van der Waals surface area contributed by atoms with Gasteiger partial charge >= 0.3 is 0 Å². The van der Waals surface area contributed by atoms with E-state index in [1.807, 2.05) is 129 Å². The number of hydrogen-bond acceptors (Lipinski definition) is 5. The van der Waals surface area contributed by atoms with Crippen LogP contribution in [0.3, 0.4) is 0 Å². The lowest BCUT2D eigenvalue weighted by Crippen LogP contribution is -2.40. The van der Waals surface area contributed by atoms with Crippen LogP contribution in [0.2, 0.25) is 0 Å². The Hall–Kier alpha value is -5.78. The number of carbonyl (C=O) groups excluding carboxylic acids is 1. The Labute approximate surface area is 269 Å². The van der Waals surface area contributed by atoms with Gasteiger partial charge in [0.25, 0.3) is 11.5 Å². The number of para-hydroxylation sites is 2. The molecule has 3 heterocycles. The Morgan fingerprint density at radius 1 is 0.957 bits per heavy atom. The van der Waals surface area contributed by atoms with Crippen molar-refractivity contribution in [1.29, 1.82) is 5.26 Å². The molecule has 0 radical (unpaired) electrons. The van der Waals surface area contributed by atoms with Crippen LogP contribution in [0.5, 0.6) is 0 Å². The van der Waals surface area contributed by atoms with Crippen LogP contribution < -0.4 is 20.2 Å². The first-order valence-electron chi connectivity index (χ1n) is 14.9. The van der Waals surface area contributed by atoms with Crippen molar-refractivity contribution < 1.29 is 4.79 Å². The van der Waals surface area contributed by atoms with Crippen LogP contribution in [0.15, 0.2) is 130 Å². The van der Waals surface area contributed by atoms with Gasteiger partial charge in [0.1, 0.15) is 0 Å². The third-order valence-corrected chi connectivity index (χ3v) is 9.26. The van der Waals surface area contributed by atoms with E-state index >= 15 is 0 Å². The predicted octanol–water partition coefficient (Wildman–Crippen LogP) is 6.06. The zero-order valence-electron chi connectivity index (χ0n) is 25.3. The number of benzene rings is 4. The number of nitrogens with zero attached hydrogens (tertiary/aromatic N) is 4. The van der Waals surface area contributed by atoms with Crippen LogP contribution in [0.1, 0.15) is 40.8 Å². The second kappa shape index (κ2) is 12.0. The Morgan fingerprint density at radius 2 is 1.67 bits per heavy atom. The standard InChI is InChI=1S/C38H29N5O2S/c1-24-16-18-26(19-17-24)35-34(36(44)41-30-12-4-3-5-13-30)25(2)40-38-43(35)37(45)33(46-38)20-29-23-42(32-15-9-8-14-31(29)32)22-28-11-7-6-10-27(28)21-39/h3-20,23,35H,22H2,1-2H3,(H,41,44)/b33-20+/t35-/m1/s1. The minimum atomic E-state index is -0.647. The largest absolute Gasteiger partial charge is 0.342 e. The number of allylic oxidation sites excluding steroid dienone is 1. The molecule has 8 heteroatoms. The van der Waals surface area contributed by atoms with E-state index in [-0.39, 0.29) is 11.5 Å². The van der Waals surface area contributed by atoms with Crippen molar-refractivity contribution in [2.24, 2.45) is 4.99 Å². The van der Waals surface area contributed by atoms with Crippen molar-refractivity contribution in [1.82, 2.24) is 9.13 Å². The molecule has 1 N–H and O–H groups in total. The summed E-state index contributed by atoms with van der Waals surface area (Å²) in [7, 11) is 0. The highest BCUT2D eigenvalue weighted by atomic mass is 32.1. The van der Waals surface area contributed by atoms with Gasteiger partial charge in [-0.25, -0.2) is 4.99 Å². The van der Waals surface area contributed by atoms with E-state index in [9.17, 15) is 14.9 Å². The number of carbonyl (C=O) groups is 1. The van der Waals surface area contributed by atoms with Gasteiger partial charge in [0.05, 0.1) is 33.5 Å². The van der Waals surface area contributed by atoms with Crippen LogP contribution in [0, 0.1) is 18.3 Å². The summed E-state index contributed by atoms with van der Waals surface area (Å²) in [6, 6.07) is 34.5. The fraction of sp³-hybridized carbons (Fsp3) is 0.105. The molecule has 6 aromatic rings. The molecular weight excluding hydrogens is 591 g/mol. The van der Waals surface area contributed by atoms with Gasteiger partial charge in [-0.3, -0.25) is 14.2 Å². The number of nitrogens with one attached hydrogen (secondary N) is 1. The number of amides is 1. The van der Waals surface area contributed by atoms with Crippen LogP contribution >= 0.6 is 11.3 Å². The van der Waals surface area contributed by atoms with Crippen LogP contribution in [0.25, 0.3) is 17.0 Å². The van der Waals surface area contributed by atoms with Gasteiger partial charge in [0.15, 0.2) is 4.80 Å². The third-order valence-electron chi connectivity index (χ3n) is 8.28. The van der Waals surface area contributed by atoms with Gasteiger partial charge in [-0.05, 0) is 55.3 Å². The van der Waals surface area contributed by atoms with Crippen molar-refractivity contribution in [2.45, 2.75) is 26.4 Å². The number of rotatable bonds is 6. The van der Waals surface area contributed by atoms with E-state index in [1.165, 1.54) is 11.3 Å². The van der Waals surface area contributed by atoms with E-state index in [4.69, 9.17) is 4.99 Å². The highest BCUT2D eigenvalue weighted by Gasteiger charge is 2.32. The SMILES string of the molecule is CC1=C(C(=O)Nc2ccccc2)[C@@H](c2ccc(C)cc2)n2c(s/c(=C/c3cn(Cc4ccccc4C#N)c4ccccc34)c2=O)=N1. The second-order valence-corrected chi connectivity index (χ2v) is 12.3. The smallest absolute Gasteiger partial charge is 0.271 e. The second-order valence-electron chi connectivity index (χ2n) is 11.3. The van der Waals surface area contributed by atoms with Gasteiger partial charge < -0.3 is 9.88 Å². The summed E-state index contributed by atoms with van der Waals surface area (Å²) in [6.07, 6.45) is 3.94. The van der Waals surface area contributed by atoms with Crippen molar-refractivity contribution in [2.75, 3.05) is 5.32 Å². The summed E-state index contributed by atoms with van der Waals surface area (Å²) in [5.74, 6) is -0.298. The first-order chi connectivity index (χ1) is 22.4. The molecular formula is C38H29N5O2S. The Balaban J connectivity index is 1.36. The fourth-order valence-corrected chi connectivity index (χ4v) is 7.05. The zero-order chi connectivity index (χ0) is 31.8. The summed E-state index contributed by atoms with van der Waals surface area (Å²) < 4.78 is 4.28. The number of nitriles is 1. The number of thiazole rings is 1. The molecule has 0 aliphatic carbocycles. The maximum atomic E-state index is 14.3. The molecule has 0 unspecified atom stereocenters. The number of fused-ring (bicyclic) bond motifs is 2. The molecule has 1 atom stereocenters. The first-order valence-corrected chi connectivity index (χ1v) is 15.7. The normalized spacial score (nSPS) is 14.5. The van der Waals surface area contributed by atoms with E-state index in [0.29, 0.717) is 38.4 Å². The lowest BCUT2D eigenvalue weighted by atomic mass is 9.94.